The minimum atomic E-state index is -0.139. The number of para-hydroxylation sites is 1. The number of carbonyl (C=O) groups is 1. The maximum atomic E-state index is 13.0. The average molecular weight is 303 g/mol. The van der Waals surface area contributed by atoms with Crippen LogP contribution < -0.4 is 10.6 Å². The van der Waals surface area contributed by atoms with Crippen molar-refractivity contribution in [1.29, 1.82) is 0 Å². The van der Waals surface area contributed by atoms with Gasteiger partial charge in [0, 0.05) is 11.9 Å². The number of nitrogens with two attached hydrogens (primary N) is 1. The van der Waals surface area contributed by atoms with Crippen LogP contribution in [0.25, 0.3) is 0 Å². The van der Waals surface area contributed by atoms with Gasteiger partial charge in [0.25, 0.3) is 5.91 Å². The molecule has 0 atom stereocenters. The van der Waals surface area contributed by atoms with Gasteiger partial charge in [0.1, 0.15) is 0 Å². The lowest BCUT2D eigenvalue weighted by molar-refractivity contribution is 0.0986. The highest BCUT2D eigenvalue weighted by atomic mass is 16.2. The fourth-order valence-corrected chi connectivity index (χ4v) is 2.40. The molecule has 1 aromatic heterocycles. The average Bonchev–Trinajstić information content (AvgIpc) is 2.61. The van der Waals surface area contributed by atoms with Gasteiger partial charge in [-0.2, -0.15) is 0 Å². The molecule has 4 heteroatoms. The molecular weight excluding hydrogens is 286 g/mol. The van der Waals surface area contributed by atoms with Crippen LogP contribution in [0.4, 0.5) is 11.4 Å². The summed E-state index contributed by atoms with van der Waals surface area (Å²) in [6.07, 6.45) is 3.08. The first-order chi connectivity index (χ1) is 11.3. The zero-order valence-electron chi connectivity index (χ0n) is 12.6. The zero-order valence-corrected chi connectivity index (χ0v) is 12.6. The Bertz CT molecular complexity index is 788. The number of amides is 1. The zero-order chi connectivity index (χ0) is 16.1. The molecule has 0 saturated heterocycles. The molecule has 2 N–H and O–H groups in total. The van der Waals surface area contributed by atoms with Crippen molar-refractivity contribution in [2.75, 3.05) is 10.6 Å². The maximum Gasteiger partial charge on any atom is 0.260 e. The fraction of sp³-hybridized carbons (Fsp3) is 0.0526. The van der Waals surface area contributed by atoms with Gasteiger partial charge in [0.2, 0.25) is 0 Å². The van der Waals surface area contributed by atoms with Crippen LogP contribution in [-0.4, -0.2) is 10.9 Å². The van der Waals surface area contributed by atoms with Gasteiger partial charge in [-0.1, -0.05) is 48.5 Å². The molecule has 3 aromatic rings. The first kappa shape index (κ1) is 14.8. The van der Waals surface area contributed by atoms with Crippen molar-refractivity contribution in [3.63, 3.8) is 0 Å². The molecule has 0 unspecified atom stereocenters. The van der Waals surface area contributed by atoms with E-state index in [2.05, 4.69) is 4.98 Å². The number of benzene rings is 2. The predicted octanol–water partition coefficient (Wildman–Crippen LogP) is 3.51. The maximum absolute atomic E-state index is 13.0. The van der Waals surface area contributed by atoms with Gasteiger partial charge in [-0.05, 0) is 23.8 Å². The molecule has 114 valence electrons. The van der Waals surface area contributed by atoms with E-state index < -0.39 is 0 Å². The molecule has 0 bridgehead atoms. The van der Waals surface area contributed by atoms with E-state index >= 15 is 0 Å². The Morgan fingerprint density at radius 1 is 0.957 bits per heavy atom. The lowest BCUT2D eigenvalue weighted by atomic mass is 10.1. The number of hydrogen-bond donors (Lipinski definition) is 1. The van der Waals surface area contributed by atoms with Crippen LogP contribution in [0.3, 0.4) is 0 Å². The third kappa shape index (κ3) is 3.37. The molecule has 23 heavy (non-hydrogen) atoms. The minimum absolute atomic E-state index is 0.139. The molecule has 0 saturated carbocycles. The molecule has 1 heterocycles. The third-order valence-electron chi connectivity index (χ3n) is 3.58. The molecule has 1 amide bonds. The van der Waals surface area contributed by atoms with Crippen molar-refractivity contribution in [3.8, 4) is 0 Å². The molecule has 4 nitrogen and oxygen atoms in total. The highest BCUT2D eigenvalue weighted by Crippen LogP contribution is 2.22. The number of nitrogens with zero attached hydrogens (tertiary/aromatic N) is 2. The van der Waals surface area contributed by atoms with Gasteiger partial charge < -0.3 is 10.6 Å². The van der Waals surface area contributed by atoms with Gasteiger partial charge in [-0.25, -0.2) is 0 Å². The quantitative estimate of drug-likeness (QED) is 0.802. The second kappa shape index (κ2) is 6.75. The first-order valence-electron chi connectivity index (χ1n) is 7.36. The second-order valence-electron chi connectivity index (χ2n) is 5.18. The summed E-state index contributed by atoms with van der Waals surface area (Å²) < 4.78 is 0. The summed E-state index contributed by atoms with van der Waals surface area (Å²) in [4.78, 5) is 18.7. The lowest BCUT2D eigenvalue weighted by Crippen LogP contribution is -2.31. The van der Waals surface area contributed by atoms with E-state index in [0.717, 1.165) is 11.3 Å². The van der Waals surface area contributed by atoms with Gasteiger partial charge in [0.15, 0.2) is 0 Å². The Hall–Kier alpha value is -3.14. The number of carbonyl (C=O) groups excluding carboxylic acids is 1. The van der Waals surface area contributed by atoms with E-state index in [0.29, 0.717) is 17.8 Å². The first-order valence-corrected chi connectivity index (χ1v) is 7.36. The van der Waals surface area contributed by atoms with Crippen LogP contribution in [0.2, 0.25) is 0 Å². The van der Waals surface area contributed by atoms with Crippen molar-refractivity contribution >= 4 is 17.3 Å². The molecule has 0 aliphatic heterocycles. The highest BCUT2D eigenvalue weighted by Gasteiger charge is 2.20. The van der Waals surface area contributed by atoms with E-state index in [4.69, 9.17) is 5.73 Å². The number of pyridine rings is 1. The number of nitrogen functional groups attached to an aromatic ring is 1. The Morgan fingerprint density at radius 3 is 2.26 bits per heavy atom. The fourth-order valence-electron chi connectivity index (χ4n) is 2.40. The van der Waals surface area contributed by atoms with Crippen LogP contribution in [0.5, 0.6) is 0 Å². The summed E-state index contributed by atoms with van der Waals surface area (Å²) in [5.41, 5.74) is 8.64. The number of aromatic nitrogens is 1. The number of rotatable bonds is 4. The molecule has 2 aromatic carbocycles. The molecule has 0 radical (unpaired) electrons. The van der Waals surface area contributed by atoms with Gasteiger partial charge in [-0.15, -0.1) is 0 Å². The van der Waals surface area contributed by atoms with Crippen LogP contribution in [-0.2, 0) is 6.54 Å². The van der Waals surface area contributed by atoms with Crippen LogP contribution in [0.1, 0.15) is 15.9 Å². The van der Waals surface area contributed by atoms with Crippen molar-refractivity contribution < 1.29 is 4.79 Å². The molecule has 0 aliphatic rings. The van der Waals surface area contributed by atoms with E-state index in [1.165, 1.54) is 6.20 Å². The Kier molecular flexibility index (Phi) is 4.34. The number of hydrogen-bond acceptors (Lipinski definition) is 3. The third-order valence-corrected chi connectivity index (χ3v) is 3.58. The summed E-state index contributed by atoms with van der Waals surface area (Å²) >= 11 is 0. The van der Waals surface area contributed by atoms with Gasteiger partial charge >= 0.3 is 0 Å². The second-order valence-corrected chi connectivity index (χ2v) is 5.18. The summed E-state index contributed by atoms with van der Waals surface area (Å²) in [5, 5.41) is 0. The van der Waals surface area contributed by atoms with Crippen molar-refractivity contribution in [3.05, 3.63) is 90.3 Å². The summed E-state index contributed by atoms with van der Waals surface area (Å²) in [7, 11) is 0. The monoisotopic (exact) mass is 303 g/mol. The lowest BCUT2D eigenvalue weighted by Gasteiger charge is -2.23. The van der Waals surface area contributed by atoms with E-state index in [-0.39, 0.29) is 5.91 Å². The Morgan fingerprint density at radius 2 is 1.61 bits per heavy atom. The summed E-state index contributed by atoms with van der Waals surface area (Å²) in [6, 6.07) is 21.1. The molecular formula is C19H17N3O. The van der Waals surface area contributed by atoms with Gasteiger partial charge in [-0.3, -0.25) is 9.78 Å². The Labute approximate surface area is 135 Å². The molecule has 0 aliphatic carbocycles. The van der Waals surface area contributed by atoms with E-state index in [9.17, 15) is 4.79 Å². The molecule has 3 rings (SSSR count). The van der Waals surface area contributed by atoms with Gasteiger partial charge in [0.05, 0.1) is 24.0 Å². The predicted molar refractivity (Wildman–Crippen MR) is 92.0 cm³/mol. The largest absolute Gasteiger partial charge is 0.397 e. The van der Waals surface area contributed by atoms with Crippen LogP contribution >= 0.6 is 0 Å². The summed E-state index contributed by atoms with van der Waals surface area (Å²) in [5.74, 6) is -0.139. The normalized spacial score (nSPS) is 10.3. The topological polar surface area (TPSA) is 59.2 Å². The van der Waals surface area contributed by atoms with Crippen molar-refractivity contribution in [1.82, 2.24) is 4.98 Å². The SMILES string of the molecule is Nc1cnccc1C(=O)N(Cc1ccccc1)c1ccccc1. The molecule has 0 fully saturated rings. The Balaban J connectivity index is 1.98. The van der Waals surface area contributed by atoms with E-state index in [1.54, 1.807) is 17.2 Å². The number of anilines is 2. The standard InChI is InChI=1S/C19H17N3O/c20-18-13-21-12-11-17(18)19(23)22(16-9-5-2-6-10-16)14-15-7-3-1-4-8-15/h1-13H,14,20H2. The van der Waals surface area contributed by atoms with Crippen LogP contribution in [0, 0.1) is 0 Å². The van der Waals surface area contributed by atoms with Crippen molar-refractivity contribution in [2.45, 2.75) is 6.54 Å². The van der Waals surface area contributed by atoms with Crippen LogP contribution in [0.15, 0.2) is 79.1 Å². The molecule has 0 spiro atoms. The van der Waals surface area contributed by atoms with Crippen molar-refractivity contribution in [2.24, 2.45) is 0 Å². The van der Waals surface area contributed by atoms with E-state index in [1.807, 2.05) is 60.7 Å². The smallest absolute Gasteiger partial charge is 0.260 e. The summed E-state index contributed by atoms with van der Waals surface area (Å²) in [6.45, 7) is 0.478. The highest BCUT2D eigenvalue weighted by molar-refractivity contribution is 6.09. The minimum Gasteiger partial charge on any atom is -0.397 e.